The van der Waals surface area contributed by atoms with E-state index in [-0.39, 0.29) is 35.8 Å². The molecule has 28 heavy (non-hydrogen) atoms. The number of ether oxygens (including phenoxy) is 4. The lowest BCUT2D eigenvalue weighted by Crippen LogP contribution is -2.09. The van der Waals surface area contributed by atoms with E-state index in [1.807, 2.05) is 0 Å². The third-order valence-corrected chi connectivity index (χ3v) is 3.74. The molecule has 3 rings (SSSR count). The van der Waals surface area contributed by atoms with Crippen LogP contribution >= 0.6 is 11.6 Å². The highest BCUT2D eigenvalue weighted by atomic mass is 35.5. The third kappa shape index (κ3) is 4.86. The molecule has 0 aliphatic heterocycles. The second-order valence-corrected chi connectivity index (χ2v) is 5.83. The molecule has 0 unspecified atom stereocenters. The molecule has 0 bridgehead atoms. The molecule has 0 N–H and O–H groups in total. The fourth-order valence-electron chi connectivity index (χ4n) is 2.21. The van der Waals surface area contributed by atoms with E-state index in [9.17, 15) is 4.79 Å². The maximum Gasteiger partial charge on any atom is 0.361 e. The van der Waals surface area contributed by atoms with Gasteiger partial charge in [-0.3, -0.25) is 0 Å². The number of carbonyl (C=O) groups is 1. The molecule has 0 aliphatic rings. The zero-order valence-corrected chi connectivity index (χ0v) is 15.8. The van der Waals surface area contributed by atoms with Crippen LogP contribution in [-0.2, 0) is 11.3 Å². The minimum absolute atomic E-state index is 0.0186. The van der Waals surface area contributed by atoms with E-state index in [0.717, 1.165) is 5.56 Å². The average Bonchev–Trinajstić information content (AvgIpc) is 2.72. The van der Waals surface area contributed by atoms with Gasteiger partial charge < -0.3 is 18.9 Å². The summed E-state index contributed by atoms with van der Waals surface area (Å²) >= 11 is 5.93. The van der Waals surface area contributed by atoms with Gasteiger partial charge in [0.05, 0.1) is 20.3 Å². The van der Waals surface area contributed by atoms with Crippen molar-refractivity contribution in [2.75, 3.05) is 14.2 Å². The van der Waals surface area contributed by atoms with Crippen LogP contribution in [0.25, 0.3) is 0 Å². The van der Waals surface area contributed by atoms with Crippen molar-refractivity contribution in [1.82, 2.24) is 15.0 Å². The van der Waals surface area contributed by atoms with Crippen LogP contribution in [0.1, 0.15) is 16.1 Å². The summed E-state index contributed by atoms with van der Waals surface area (Å²) in [6.45, 7) is 0.0406. The molecule has 1 aromatic carbocycles. The fourth-order valence-corrected chi connectivity index (χ4v) is 2.42. The van der Waals surface area contributed by atoms with Gasteiger partial charge in [-0.2, -0.15) is 9.97 Å². The number of aromatic nitrogens is 3. The van der Waals surface area contributed by atoms with Gasteiger partial charge in [-0.15, -0.1) is 0 Å². The summed E-state index contributed by atoms with van der Waals surface area (Å²) in [7, 11) is 2.91. The highest BCUT2D eigenvalue weighted by molar-refractivity contribution is 6.30. The van der Waals surface area contributed by atoms with E-state index in [1.165, 1.54) is 26.5 Å². The van der Waals surface area contributed by atoms with Crippen molar-refractivity contribution >= 4 is 17.6 Å². The Morgan fingerprint density at radius 3 is 2.46 bits per heavy atom. The molecule has 2 aromatic heterocycles. The van der Waals surface area contributed by atoms with Crippen LogP contribution in [0.4, 0.5) is 0 Å². The number of esters is 1. The molecule has 0 saturated heterocycles. The predicted octanol–water partition coefficient (Wildman–Crippen LogP) is 3.69. The number of pyridine rings is 1. The van der Waals surface area contributed by atoms with Crippen molar-refractivity contribution in [3.8, 4) is 23.5 Å². The first-order valence-electron chi connectivity index (χ1n) is 8.10. The van der Waals surface area contributed by atoms with Crippen molar-refractivity contribution in [2.45, 2.75) is 6.61 Å². The molecule has 0 atom stereocenters. The highest BCUT2D eigenvalue weighted by Crippen LogP contribution is 2.26. The molecule has 0 aliphatic carbocycles. The summed E-state index contributed by atoms with van der Waals surface area (Å²) in [5, 5.41) is 0.555. The summed E-state index contributed by atoms with van der Waals surface area (Å²) in [5.74, 6) is -0.0361. The number of hydrogen-bond acceptors (Lipinski definition) is 8. The van der Waals surface area contributed by atoms with Gasteiger partial charge in [0.15, 0.2) is 11.4 Å². The minimum atomic E-state index is -0.662. The second kappa shape index (κ2) is 9.01. The molecule has 0 fully saturated rings. The van der Waals surface area contributed by atoms with Gasteiger partial charge in [0, 0.05) is 11.2 Å². The van der Waals surface area contributed by atoms with Crippen LogP contribution < -0.4 is 14.2 Å². The minimum Gasteiger partial charge on any atom is -0.481 e. The molecule has 0 radical (unpaired) electrons. The maximum atomic E-state index is 12.5. The molecule has 3 aromatic rings. The van der Waals surface area contributed by atoms with Crippen molar-refractivity contribution in [3.05, 3.63) is 64.9 Å². The SMILES string of the molecule is COc1cc(OC)nc(Oc2cccnc2C(=O)OCc2cccc(Cl)c2)n1. The van der Waals surface area contributed by atoms with Crippen molar-refractivity contribution in [3.63, 3.8) is 0 Å². The van der Waals surface area contributed by atoms with Crippen molar-refractivity contribution in [2.24, 2.45) is 0 Å². The quantitative estimate of drug-likeness (QED) is 0.553. The van der Waals surface area contributed by atoms with Crippen LogP contribution in [0, 0.1) is 0 Å². The van der Waals surface area contributed by atoms with Gasteiger partial charge in [-0.1, -0.05) is 23.7 Å². The van der Waals surface area contributed by atoms with Crippen LogP contribution in [0.15, 0.2) is 48.7 Å². The molecule has 0 saturated carbocycles. The first kappa shape index (κ1) is 19.4. The summed E-state index contributed by atoms with van der Waals surface area (Å²) in [4.78, 5) is 24.7. The lowest BCUT2D eigenvalue weighted by molar-refractivity contribution is 0.0462. The standard InChI is InChI=1S/C19H16ClN3O5/c1-25-15-10-16(26-2)23-19(22-15)28-14-7-4-8-21-17(14)18(24)27-11-12-5-3-6-13(20)9-12/h3-10H,11H2,1-2H3. The maximum absolute atomic E-state index is 12.5. The molecular weight excluding hydrogens is 386 g/mol. The molecule has 144 valence electrons. The second-order valence-electron chi connectivity index (χ2n) is 5.39. The molecule has 0 spiro atoms. The Labute approximate surface area is 166 Å². The normalized spacial score (nSPS) is 10.2. The van der Waals surface area contributed by atoms with Crippen LogP contribution in [0.5, 0.6) is 23.5 Å². The Bertz CT molecular complexity index is 961. The molecule has 2 heterocycles. The van der Waals surface area contributed by atoms with Gasteiger partial charge in [0.2, 0.25) is 11.8 Å². The highest BCUT2D eigenvalue weighted by Gasteiger charge is 2.18. The van der Waals surface area contributed by atoms with E-state index in [0.29, 0.717) is 5.02 Å². The number of nitrogens with zero attached hydrogens (tertiary/aromatic N) is 3. The third-order valence-electron chi connectivity index (χ3n) is 3.50. The monoisotopic (exact) mass is 401 g/mol. The lowest BCUT2D eigenvalue weighted by atomic mass is 10.2. The number of hydrogen-bond donors (Lipinski definition) is 0. The van der Waals surface area contributed by atoms with E-state index in [2.05, 4.69) is 15.0 Å². The fraction of sp³-hybridized carbons (Fsp3) is 0.158. The molecule has 9 heteroatoms. The van der Waals surface area contributed by atoms with E-state index < -0.39 is 5.97 Å². The smallest absolute Gasteiger partial charge is 0.361 e. The molecule has 8 nitrogen and oxygen atoms in total. The Kier molecular flexibility index (Phi) is 6.23. The Morgan fingerprint density at radius 2 is 1.79 bits per heavy atom. The zero-order valence-electron chi connectivity index (χ0n) is 15.1. The van der Waals surface area contributed by atoms with Gasteiger partial charge in [-0.05, 0) is 29.8 Å². The summed E-state index contributed by atoms with van der Waals surface area (Å²) in [6, 6.07) is 11.6. The summed E-state index contributed by atoms with van der Waals surface area (Å²) in [6.07, 6.45) is 1.45. The lowest BCUT2D eigenvalue weighted by Gasteiger charge is -2.10. The summed E-state index contributed by atoms with van der Waals surface area (Å²) < 4.78 is 21.1. The van der Waals surface area contributed by atoms with E-state index in [1.54, 1.807) is 36.4 Å². The van der Waals surface area contributed by atoms with Crippen LogP contribution in [-0.4, -0.2) is 35.1 Å². The number of rotatable bonds is 7. The Balaban J connectivity index is 1.78. The first-order chi connectivity index (χ1) is 13.6. The Morgan fingerprint density at radius 1 is 1.04 bits per heavy atom. The molecule has 0 amide bonds. The number of benzene rings is 1. The van der Waals surface area contributed by atoms with Crippen LogP contribution in [0.2, 0.25) is 5.02 Å². The predicted molar refractivity (Wildman–Crippen MR) is 100 cm³/mol. The van der Waals surface area contributed by atoms with Gasteiger partial charge in [0.25, 0.3) is 0 Å². The topological polar surface area (TPSA) is 92.7 Å². The van der Waals surface area contributed by atoms with Gasteiger partial charge >= 0.3 is 12.0 Å². The van der Waals surface area contributed by atoms with Crippen molar-refractivity contribution < 1.29 is 23.7 Å². The largest absolute Gasteiger partial charge is 0.481 e. The van der Waals surface area contributed by atoms with E-state index >= 15 is 0 Å². The number of carbonyl (C=O) groups excluding carboxylic acids is 1. The van der Waals surface area contributed by atoms with Gasteiger partial charge in [-0.25, -0.2) is 9.78 Å². The Hall–Kier alpha value is -3.39. The average molecular weight is 402 g/mol. The van der Waals surface area contributed by atoms with Crippen molar-refractivity contribution in [1.29, 1.82) is 0 Å². The number of methoxy groups -OCH3 is 2. The van der Waals surface area contributed by atoms with Crippen LogP contribution in [0.3, 0.4) is 0 Å². The first-order valence-corrected chi connectivity index (χ1v) is 8.48. The zero-order chi connectivity index (χ0) is 19.9. The van der Waals surface area contributed by atoms with E-state index in [4.69, 9.17) is 30.5 Å². The van der Waals surface area contributed by atoms with Gasteiger partial charge in [0.1, 0.15) is 6.61 Å². The molecular formula is C19H16ClN3O5. The summed E-state index contributed by atoms with van der Waals surface area (Å²) in [5.41, 5.74) is 0.732. The number of halogens is 1.